The summed E-state index contributed by atoms with van der Waals surface area (Å²) in [4.78, 5) is 28.6. The van der Waals surface area contributed by atoms with Crippen molar-refractivity contribution in [3.8, 4) is 0 Å². The zero-order valence-corrected chi connectivity index (χ0v) is 19.6. The predicted octanol–water partition coefficient (Wildman–Crippen LogP) is 4.09. The number of nitrogens with zero attached hydrogens (tertiary/aromatic N) is 4. The zero-order valence-electron chi connectivity index (χ0n) is 19.6. The highest BCUT2D eigenvalue weighted by Crippen LogP contribution is 2.30. The van der Waals surface area contributed by atoms with E-state index in [0.717, 1.165) is 35.6 Å². The molecule has 6 nitrogen and oxygen atoms in total. The van der Waals surface area contributed by atoms with Gasteiger partial charge >= 0.3 is 6.18 Å². The summed E-state index contributed by atoms with van der Waals surface area (Å²) in [6.45, 7) is 10.4. The second kappa shape index (κ2) is 9.97. The second-order valence-corrected chi connectivity index (χ2v) is 8.98. The molecule has 0 N–H and O–H groups in total. The molecule has 0 bridgehead atoms. The molecule has 1 aromatic carbocycles. The van der Waals surface area contributed by atoms with Gasteiger partial charge in [-0.05, 0) is 49.9 Å². The Morgan fingerprint density at radius 2 is 1.70 bits per heavy atom. The van der Waals surface area contributed by atoms with E-state index >= 15 is 0 Å². The molecule has 33 heavy (non-hydrogen) atoms. The fourth-order valence-corrected chi connectivity index (χ4v) is 4.18. The van der Waals surface area contributed by atoms with Gasteiger partial charge in [0.25, 0.3) is 5.91 Å². The lowest BCUT2D eigenvalue weighted by Gasteiger charge is -2.35. The van der Waals surface area contributed by atoms with Crippen LogP contribution in [0.4, 0.5) is 13.2 Å². The summed E-state index contributed by atoms with van der Waals surface area (Å²) in [5.74, 6) is 0.0426. The molecular formula is C24H31F3N4O2. The minimum absolute atomic E-state index is 0.00830. The summed E-state index contributed by atoms with van der Waals surface area (Å²) >= 11 is 0. The molecule has 0 unspecified atom stereocenters. The summed E-state index contributed by atoms with van der Waals surface area (Å²) in [7, 11) is 0. The van der Waals surface area contributed by atoms with Crippen molar-refractivity contribution in [1.29, 1.82) is 0 Å². The van der Waals surface area contributed by atoms with E-state index in [0.29, 0.717) is 44.9 Å². The zero-order chi connectivity index (χ0) is 24.3. The third-order valence-electron chi connectivity index (χ3n) is 6.01. The van der Waals surface area contributed by atoms with E-state index in [1.807, 2.05) is 18.5 Å². The highest BCUT2D eigenvalue weighted by molar-refractivity contribution is 5.94. The number of carbonyl (C=O) groups excluding carboxylic acids is 2. The van der Waals surface area contributed by atoms with Crippen molar-refractivity contribution < 1.29 is 22.8 Å². The first-order chi connectivity index (χ1) is 15.5. The van der Waals surface area contributed by atoms with E-state index < -0.39 is 17.6 Å². The third-order valence-corrected chi connectivity index (χ3v) is 6.01. The number of halogens is 3. The highest BCUT2D eigenvalue weighted by Gasteiger charge is 2.32. The Labute approximate surface area is 192 Å². The van der Waals surface area contributed by atoms with Crippen molar-refractivity contribution in [3.05, 3.63) is 52.3 Å². The number of aromatic nitrogens is 2. The van der Waals surface area contributed by atoms with Crippen molar-refractivity contribution in [2.75, 3.05) is 26.2 Å². The van der Waals surface area contributed by atoms with Crippen LogP contribution in [0.15, 0.2) is 24.3 Å². The largest absolute Gasteiger partial charge is 0.416 e. The molecule has 2 aromatic rings. The maximum atomic E-state index is 12.9. The van der Waals surface area contributed by atoms with Crippen molar-refractivity contribution in [1.82, 2.24) is 19.6 Å². The van der Waals surface area contributed by atoms with Crippen LogP contribution in [0.2, 0.25) is 0 Å². The van der Waals surface area contributed by atoms with Gasteiger partial charge in [-0.15, -0.1) is 0 Å². The topological polar surface area (TPSA) is 58.4 Å². The lowest BCUT2D eigenvalue weighted by atomic mass is 10.1. The SMILES string of the molecule is Cc1nn(CC(C)C)c(C)c1CCC(=O)N1CCN(C(=O)c2cccc(C(F)(F)F)c2)CC1. The molecule has 1 aliphatic rings. The fourth-order valence-electron chi connectivity index (χ4n) is 4.18. The molecule has 1 aromatic heterocycles. The molecule has 2 heterocycles. The van der Waals surface area contributed by atoms with E-state index in [2.05, 4.69) is 18.9 Å². The Morgan fingerprint density at radius 1 is 1.06 bits per heavy atom. The molecule has 3 rings (SSSR count). The van der Waals surface area contributed by atoms with Gasteiger partial charge in [-0.1, -0.05) is 19.9 Å². The van der Waals surface area contributed by atoms with Gasteiger partial charge in [-0.3, -0.25) is 14.3 Å². The molecule has 0 spiro atoms. The normalized spacial score (nSPS) is 14.8. The molecule has 0 radical (unpaired) electrons. The number of carbonyl (C=O) groups is 2. The van der Waals surface area contributed by atoms with Crippen LogP contribution in [0.1, 0.15) is 53.1 Å². The van der Waals surface area contributed by atoms with E-state index in [9.17, 15) is 22.8 Å². The minimum Gasteiger partial charge on any atom is -0.339 e. The van der Waals surface area contributed by atoms with Gasteiger partial charge in [-0.2, -0.15) is 18.3 Å². The predicted molar refractivity (Wildman–Crippen MR) is 119 cm³/mol. The smallest absolute Gasteiger partial charge is 0.339 e. The van der Waals surface area contributed by atoms with Gasteiger partial charge in [0.05, 0.1) is 11.3 Å². The van der Waals surface area contributed by atoms with E-state index in [4.69, 9.17) is 0 Å². The molecule has 9 heteroatoms. The van der Waals surface area contributed by atoms with Crippen LogP contribution in [-0.2, 0) is 23.9 Å². The van der Waals surface area contributed by atoms with Crippen molar-refractivity contribution in [2.45, 2.75) is 53.3 Å². The monoisotopic (exact) mass is 464 g/mol. The van der Waals surface area contributed by atoms with Crippen LogP contribution in [0.25, 0.3) is 0 Å². The molecule has 1 fully saturated rings. The number of hydrogen-bond donors (Lipinski definition) is 0. The van der Waals surface area contributed by atoms with Gasteiger partial charge in [-0.25, -0.2) is 0 Å². The third kappa shape index (κ3) is 5.94. The summed E-state index contributed by atoms with van der Waals surface area (Å²) in [5, 5.41) is 4.60. The minimum atomic E-state index is -4.50. The molecule has 0 aliphatic carbocycles. The van der Waals surface area contributed by atoms with Crippen LogP contribution < -0.4 is 0 Å². The molecule has 180 valence electrons. The molecule has 0 atom stereocenters. The standard InChI is InChI=1S/C24H31F3N4O2/c1-16(2)15-31-18(4)21(17(3)28-31)8-9-22(32)29-10-12-30(13-11-29)23(33)19-6-5-7-20(14-19)24(25,26)27/h5-7,14,16H,8-13,15H2,1-4H3. The van der Waals surface area contributed by atoms with Crippen LogP contribution in [0, 0.1) is 19.8 Å². The first-order valence-electron chi connectivity index (χ1n) is 11.2. The number of piperazine rings is 1. The molecule has 0 saturated carbocycles. The summed E-state index contributed by atoms with van der Waals surface area (Å²) in [5.41, 5.74) is 2.30. The van der Waals surface area contributed by atoms with Crippen molar-refractivity contribution in [3.63, 3.8) is 0 Å². The molecule has 2 amide bonds. The van der Waals surface area contributed by atoms with Gasteiger partial charge in [0, 0.05) is 50.4 Å². The average Bonchev–Trinajstić information content (AvgIpc) is 3.03. The number of benzene rings is 1. The van der Waals surface area contributed by atoms with E-state index in [-0.39, 0.29) is 11.5 Å². The lowest BCUT2D eigenvalue weighted by Crippen LogP contribution is -2.50. The number of hydrogen-bond acceptors (Lipinski definition) is 3. The Morgan fingerprint density at radius 3 is 2.30 bits per heavy atom. The fraction of sp³-hybridized carbons (Fsp3) is 0.542. The van der Waals surface area contributed by atoms with Crippen LogP contribution in [0.3, 0.4) is 0 Å². The Hall–Kier alpha value is -2.84. The van der Waals surface area contributed by atoms with E-state index in [1.165, 1.54) is 17.0 Å². The van der Waals surface area contributed by atoms with Gasteiger partial charge in [0.15, 0.2) is 0 Å². The first kappa shape index (κ1) is 24.8. The van der Waals surface area contributed by atoms with Gasteiger partial charge < -0.3 is 9.80 Å². The Bertz CT molecular complexity index is 1010. The summed E-state index contributed by atoms with van der Waals surface area (Å²) < 4.78 is 40.8. The van der Waals surface area contributed by atoms with Crippen LogP contribution in [0.5, 0.6) is 0 Å². The highest BCUT2D eigenvalue weighted by atomic mass is 19.4. The molecule has 1 aliphatic heterocycles. The lowest BCUT2D eigenvalue weighted by molar-refractivity contribution is -0.137. The van der Waals surface area contributed by atoms with Crippen LogP contribution >= 0.6 is 0 Å². The maximum Gasteiger partial charge on any atom is 0.416 e. The number of amides is 2. The van der Waals surface area contributed by atoms with Crippen LogP contribution in [-0.4, -0.2) is 57.6 Å². The maximum absolute atomic E-state index is 12.9. The number of aryl methyl sites for hydroxylation is 1. The average molecular weight is 465 g/mol. The van der Waals surface area contributed by atoms with Crippen molar-refractivity contribution >= 4 is 11.8 Å². The summed E-state index contributed by atoms with van der Waals surface area (Å²) in [6.07, 6.45) is -3.53. The van der Waals surface area contributed by atoms with Gasteiger partial charge in [0.1, 0.15) is 0 Å². The summed E-state index contributed by atoms with van der Waals surface area (Å²) in [6, 6.07) is 4.45. The molecular weight excluding hydrogens is 433 g/mol. The Balaban J connectivity index is 1.54. The number of rotatable bonds is 6. The number of alkyl halides is 3. The quantitative estimate of drug-likeness (QED) is 0.647. The second-order valence-electron chi connectivity index (χ2n) is 8.98. The molecule has 1 saturated heterocycles. The Kier molecular flexibility index (Phi) is 7.49. The first-order valence-corrected chi connectivity index (χ1v) is 11.2. The van der Waals surface area contributed by atoms with Gasteiger partial charge in [0.2, 0.25) is 5.91 Å². The van der Waals surface area contributed by atoms with Crippen molar-refractivity contribution in [2.24, 2.45) is 5.92 Å². The van der Waals surface area contributed by atoms with E-state index in [1.54, 1.807) is 4.90 Å².